The molecule has 0 heterocycles. The van der Waals surface area contributed by atoms with Crippen LogP contribution in [-0.2, 0) is 21.0 Å². The van der Waals surface area contributed by atoms with Crippen molar-refractivity contribution in [3.8, 4) is 0 Å². The summed E-state index contributed by atoms with van der Waals surface area (Å²) in [5.41, 5.74) is -0.696. The van der Waals surface area contributed by atoms with E-state index in [1.165, 1.54) is 19.2 Å². The summed E-state index contributed by atoms with van der Waals surface area (Å²) in [5.74, 6) is -0.665. The summed E-state index contributed by atoms with van der Waals surface area (Å²) in [6.07, 6.45) is -4.47. The second kappa shape index (κ2) is 7.24. The van der Waals surface area contributed by atoms with Gasteiger partial charge >= 0.3 is 6.18 Å². The first kappa shape index (κ1) is 18.9. The fraction of sp³-hybridized carbons (Fsp3) is 0.188. The molecular weight excluding hydrogens is 357 g/mol. The van der Waals surface area contributed by atoms with Crippen LogP contribution < -0.4 is 5.32 Å². The Bertz CT molecular complexity index is 835. The smallest absolute Gasteiger partial charge is 0.325 e. The summed E-state index contributed by atoms with van der Waals surface area (Å²) < 4.78 is 62.9. The van der Waals surface area contributed by atoms with Gasteiger partial charge in [-0.1, -0.05) is 18.2 Å². The van der Waals surface area contributed by atoms with Gasteiger partial charge in [0.05, 0.1) is 17.0 Å². The Morgan fingerprint density at radius 1 is 1.04 bits per heavy atom. The Labute approximate surface area is 143 Å². The van der Waals surface area contributed by atoms with Crippen molar-refractivity contribution in [3.63, 3.8) is 0 Å². The average molecular weight is 372 g/mol. The van der Waals surface area contributed by atoms with E-state index in [-0.39, 0.29) is 10.6 Å². The van der Waals surface area contributed by atoms with Gasteiger partial charge in [0.15, 0.2) is 0 Å². The summed E-state index contributed by atoms with van der Waals surface area (Å²) >= 11 is 0. The van der Waals surface area contributed by atoms with Crippen molar-refractivity contribution < 1.29 is 26.4 Å². The minimum absolute atomic E-state index is 0.0415. The van der Waals surface area contributed by atoms with Crippen LogP contribution in [0.3, 0.4) is 0 Å². The van der Waals surface area contributed by atoms with Crippen LogP contribution in [0, 0.1) is 0 Å². The van der Waals surface area contributed by atoms with Crippen molar-refractivity contribution in [2.45, 2.75) is 11.1 Å². The van der Waals surface area contributed by atoms with E-state index >= 15 is 0 Å². The third kappa shape index (κ3) is 4.80. The first-order chi connectivity index (χ1) is 11.6. The maximum Gasteiger partial charge on any atom is 0.416 e. The second-order valence-corrected chi connectivity index (χ2v) is 7.24. The molecule has 0 unspecified atom stereocenters. The van der Waals surface area contributed by atoms with Crippen molar-refractivity contribution in [2.24, 2.45) is 0 Å². The molecule has 2 aromatic rings. The Morgan fingerprint density at radius 3 is 2.12 bits per heavy atom. The molecule has 1 N–H and O–H groups in total. The fourth-order valence-electron chi connectivity index (χ4n) is 2.00. The van der Waals surface area contributed by atoms with Crippen LogP contribution in [0.15, 0.2) is 59.5 Å². The quantitative estimate of drug-likeness (QED) is 0.878. The SMILES string of the molecule is CN(CC(=O)Nc1ccc(C(F)(F)F)cc1)S(=O)(=O)c1ccccc1. The number of sulfonamides is 1. The highest BCUT2D eigenvalue weighted by Crippen LogP contribution is 2.29. The van der Waals surface area contributed by atoms with Crippen LogP contribution in [0.25, 0.3) is 0 Å². The number of nitrogens with one attached hydrogen (secondary N) is 1. The van der Waals surface area contributed by atoms with Gasteiger partial charge in [-0.05, 0) is 36.4 Å². The topological polar surface area (TPSA) is 66.5 Å². The second-order valence-electron chi connectivity index (χ2n) is 5.20. The number of benzene rings is 2. The van der Waals surface area contributed by atoms with E-state index in [9.17, 15) is 26.4 Å². The molecule has 1 amide bonds. The van der Waals surface area contributed by atoms with Gasteiger partial charge in [0.25, 0.3) is 0 Å². The number of carbonyl (C=O) groups excluding carboxylic acids is 1. The molecule has 0 saturated heterocycles. The number of rotatable bonds is 5. The van der Waals surface area contributed by atoms with Crippen LogP contribution >= 0.6 is 0 Å². The van der Waals surface area contributed by atoms with E-state index in [1.807, 2.05) is 0 Å². The predicted octanol–water partition coefficient (Wildman–Crippen LogP) is 2.96. The highest BCUT2D eigenvalue weighted by molar-refractivity contribution is 7.89. The summed E-state index contributed by atoms with van der Waals surface area (Å²) in [5, 5.41) is 2.36. The summed E-state index contributed by atoms with van der Waals surface area (Å²) in [7, 11) is -2.58. The Balaban J connectivity index is 2.02. The number of carbonyl (C=O) groups is 1. The number of likely N-dealkylation sites (N-methyl/N-ethyl adjacent to an activating group) is 1. The van der Waals surface area contributed by atoms with Gasteiger partial charge in [0, 0.05) is 12.7 Å². The van der Waals surface area contributed by atoms with Gasteiger partial charge < -0.3 is 5.32 Å². The molecule has 0 saturated carbocycles. The van der Waals surface area contributed by atoms with E-state index in [0.717, 1.165) is 28.6 Å². The maximum atomic E-state index is 12.5. The average Bonchev–Trinajstić information content (AvgIpc) is 2.55. The summed E-state index contributed by atoms with van der Waals surface area (Å²) in [6, 6.07) is 11.5. The molecule has 0 aliphatic carbocycles. The van der Waals surface area contributed by atoms with Gasteiger partial charge in [-0.3, -0.25) is 4.79 Å². The standard InChI is InChI=1S/C16H15F3N2O3S/c1-21(25(23,24)14-5-3-2-4-6-14)11-15(22)20-13-9-7-12(8-10-13)16(17,18)19/h2-10H,11H2,1H3,(H,20,22). The minimum Gasteiger partial charge on any atom is -0.325 e. The molecule has 0 spiro atoms. The Hall–Kier alpha value is -2.39. The molecule has 0 fully saturated rings. The lowest BCUT2D eigenvalue weighted by Gasteiger charge is -2.17. The Morgan fingerprint density at radius 2 is 1.60 bits per heavy atom. The number of halogens is 3. The van der Waals surface area contributed by atoms with Crippen LogP contribution in [0.5, 0.6) is 0 Å². The van der Waals surface area contributed by atoms with Crippen molar-refractivity contribution in [2.75, 3.05) is 18.9 Å². The van der Waals surface area contributed by atoms with E-state index in [4.69, 9.17) is 0 Å². The van der Waals surface area contributed by atoms with Gasteiger partial charge in [-0.2, -0.15) is 17.5 Å². The molecule has 9 heteroatoms. The molecule has 0 radical (unpaired) electrons. The first-order valence-corrected chi connectivity index (χ1v) is 8.53. The van der Waals surface area contributed by atoms with Gasteiger partial charge in [-0.15, -0.1) is 0 Å². The zero-order chi connectivity index (χ0) is 18.7. The third-order valence-electron chi connectivity index (χ3n) is 3.31. The number of hydrogen-bond donors (Lipinski definition) is 1. The first-order valence-electron chi connectivity index (χ1n) is 7.09. The van der Waals surface area contributed by atoms with Crippen LogP contribution in [0.2, 0.25) is 0 Å². The largest absolute Gasteiger partial charge is 0.416 e. The van der Waals surface area contributed by atoms with Crippen molar-refractivity contribution in [3.05, 3.63) is 60.2 Å². The third-order valence-corrected chi connectivity index (χ3v) is 5.13. The molecule has 0 bridgehead atoms. The number of anilines is 1. The van der Waals surface area contributed by atoms with Gasteiger partial charge in [-0.25, -0.2) is 8.42 Å². The molecule has 0 atom stereocenters. The lowest BCUT2D eigenvalue weighted by molar-refractivity contribution is -0.137. The van der Waals surface area contributed by atoms with E-state index in [0.29, 0.717) is 0 Å². The number of amides is 1. The van der Waals surface area contributed by atoms with E-state index < -0.39 is 34.2 Å². The molecule has 25 heavy (non-hydrogen) atoms. The highest BCUT2D eigenvalue weighted by Gasteiger charge is 2.30. The zero-order valence-electron chi connectivity index (χ0n) is 13.1. The predicted molar refractivity (Wildman–Crippen MR) is 86.3 cm³/mol. The molecule has 5 nitrogen and oxygen atoms in total. The lowest BCUT2D eigenvalue weighted by Crippen LogP contribution is -2.34. The molecule has 2 rings (SSSR count). The summed E-state index contributed by atoms with van der Waals surface area (Å²) in [4.78, 5) is 12.0. The van der Waals surface area contributed by atoms with Crippen LogP contribution in [0.4, 0.5) is 18.9 Å². The molecule has 0 aromatic heterocycles. The molecular formula is C16H15F3N2O3S. The Kier molecular flexibility index (Phi) is 5.48. The number of nitrogens with zero attached hydrogens (tertiary/aromatic N) is 1. The molecule has 2 aromatic carbocycles. The zero-order valence-corrected chi connectivity index (χ0v) is 13.9. The van der Waals surface area contributed by atoms with Crippen molar-refractivity contribution >= 4 is 21.6 Å². The minimum atomic E-state index is -4.47. The normalized spacial score (nSPS) is 12.2. The number of alkyl halides is 3. The fourth-order valence-corrected chi connectivity index (χ4v) is 3.15. The molecule has 0 aliphatic rings. The van der Waals surface area contributed by atoms with Crippen molar-refractivity contribution in [1.29, 1.82) is 0 Å². The maximum absolute atomic E-state index is 12.5. The monoisotopic (exact) mass is 372 g/mol. The number of hydrogen-bond acceptors (Lipinski definition) is 3. The van der Waals surface area contributed by atoms with Crippen molar-refractivity contribution in [1.82, 2.24) is 4.31 Å². The van der Waals surface area contributed by atoms with Crippen LogP contribution in [-0.4, -0.2) is 32.2 Å². The van der Waals surface area contributed by atoms with E-state index in [1.54, 1.807) is 18.2 Å². The van der Waals surface area contributed by atoms with Crippen LogP contribution in [0.1, 0.15) is 5.56 Å². The highest BCUT2D eigenvalue weighted by atomic mass is 32.2. The lowest BCUT2D eigenvalue weighted by atomic mass is 10.2. The van der Waals surface area contributed by atoms with Gasteiger partial charge in [0.2, 0.25) is 15.9 Å². The van der Waals surface area contributed by atoms with E-state index in [2.05, 4.69) is 5.32 Å². The molecule has 134 valence electrons. The summed E-state index contributed by atoms with van der Waals surface area (Å²) in [6.45, 7) is -0.474. The van der Waals surface area contributed by atoms with Gasteiger partial charge in [0.1, 0.15) is 0 Å². The molecule has 0 aliphatic heterocycles.